The molecule has 3 nitrogen and oxygen atoms in total. The molecular formula is C10H5BrCl2INO2S2. The summed E-state index contributed by atoms with van der Waals surface area (Å²) in [4.78, 5) is -0.0150. The quantitative estimate of drug-likeness (QED) is 0.573. The van der Waals surface area contributed by atoms with Gasteiger partial charge in [0, 0.05) is 8.04 Å². The molecule has 0 aliphatic heterocycles. The number of thiophene rings is 1. The van der Waals surface area contributed by atoms with Crippen molar-refractivity contribution in [1.82, 2.24) is 0 Å². The van der Waals surface area contributed by atoms with Gasteiger partial charge in [0.25, 0.3) is 10.0 Å². The largest absolute Gasteiger partial charge is 0.280 e. The Labute approximate surface area is 146 Å². The Hall–Kier alpha value is 0.460. The fourth-order valence-electron chi connectivity index (χ4n) is 1.28. The molecule has 1 aromatic heterocycles. The third kappa shape index (κ3) is 3.76. The van der Waals surface area contributed by atoms with E-state index in [9.17, 15) is 8.42 Å². The molecule has 0 spiro atoms. The van der Waals surface area contributed by atoms with E-state index in [4.69, 9.17) is 23.2 Å². The normalized spacial score (nSPS) is 11.6. The number of hydrogen-bond acceptors (Lipinski definition) is 3. The minimum Gasteiger partial charge on any atom is -0.280 e. The van der Waals surface area contributed by atoms with E-state index in [0.717, 1.165) is 19.4 Å². The van der Waals surface area contributed by atoms with Crippen molar-refractivity contribution in [3.05, 3.63) is 41.0 Å². The minimum absolute atomic E-state index is 0.0150. The van der Waals surface area contributed by atoms with Crippen molar-refractivity contribution >= 4 is 88.8 Å². The van der Waals surface area contributed by atoms with E-state index in [1.165, 1.54) is 6.07 Å². The first-order chi connectivity index (χ1) is 8.79. The summed E-state index contributed by atoms with van der Waals surface area (Å²) < 4.78 is 29.1. The molecule has 102 valence electrons. The third-order valence-electron chi connectivity index (χ3n) is 2.09. The molecule has 0 amide bonds. The van der Waals surface area contributed by atoms with Gasteiger partial charge in [-0.15, -0.1) is 11.3 Å². The third-order valence-corrected chi connectivity index (χ3v) is 7.56. The Kier molecular flexibility index (Phi) is 5.06. The van der Waals surface area contributed by atoms with Crippen molar-refractivity contribution in [2.24, 2.45) is 0 Å². The summed E-state index contributed by atoms with van der Waals surface area (Å²) in [6.45, 7) is 0. The van der Waals surface area contributed by atoms with Gasteiger partial charge in [0.05, 0.1) is 10.0 Å². The van der Waals surface area contributed by atoms with Crippen LogP contribution >= 0.6 is 73.1 Å². The number of hydrogen-bond donors (Lipinski definition) is 1. The topological polar surface area (TPSA) is 46.2 Å². The van der Waals surface area contributed by atoms with Crippen molar-refractivity contribution in [2.45, 2.75) is 4.90 Å². The van der Waals surface area contributed by atoms with Crippen LogP contribution in [0.2, 0.25) is 8.67 Å². The molecule has 0 radical (unpaired) electrons. The number of sulfonamides is 1. The highest BCUT2D eigenvalue weighted by Gasteiger charge is 2.21. The van der Waals surface area contributed by atoms with Crippen LogP contribution in [0.5, 0.6) is 0 Å². The molecule has 0 bridgehead atoms. The second-order valence-electron chi connectivity index (χ2n) is 3.42. The van der Waals surface area contributed by atoms with Crippen LogP contribution < -0.4 is 4.72 Å². The zero-order valence-corrected chi connectivity index (χ0v) is 15.8. The first kappa shape index (κ1) is 15.8. The van der Waals surface area contributed by atoms with Gasteiger partial charge in [-0.3, -0.25) is 4.72 Å². The molecule has 0 fully saturated rings. The highest BCUT2D eigenvalue weighted by molar-refractivity contribution is 14.1. The maximum atomic E-state index is 12.2. The molecule has 1 N–H and O–H groups in total. The lowest BCUT2D eigenvalue weighted by molar-refractivity contribution is 0.601. The van der Waals surface area contributed by atoms with E-state index in [1.54, 1.807) is 18.2 Å². The van der Waals surface area contributed by atoms with Crippen molar-refractivity contribution in [3.63, 3.8) is 0 Å². The second kappa shape index (κ2) is 6.07. The lowest BCUT2D eigenvalue weighted by Crippen LogP contribution is -2.12. The summed E-state index contributed by atoms with van der Waals surface area (Å²) in [6.07, 6.45) is 0. The standard InChI is InChI=1S/C10H5BrCl2INO2S2/c11-6-3-5(1-2-7(6)14)15-19(16,17)8-4-9(12)18-10(8)13/h1-4,15H. The highest BCUT2D eigenvalue weighted by Crippen LogP contribution is 2.35. The Morgan fingerprint density at radius 2 is 1.95 bits per heavy atom. The molecule has 19 heavy (non-hydrogen) atoms. The van der Waals surface area contributed by atoms with Gasteiger partial charge in [0.1, 0.15) is 9.23 Å². The fraction of sp³-hybridized carbons (Fsp3) is 0. The molecule has 2 rings (SSSR count). The van der Waals surface area contributed by atoms with Gasteiger partial charge < -0.3 is 0 Å². The molecule has 0 unspecified atom stereocenters. The minimum atomic E-state index is -3.73. The van der Waals surface area contributed by atoms with Gasteiger partial charge in [-0.1, -0.05) is 23.2 Å². The molecule has 2 aromatic rings. The first-order valence-corrected chi connectivity index (χ1v) is 9.65. The van der Waals surface area contributed by atoms with E-state index >= 15 is 0 Å². The SMILES string of the molecule is O=S(=O)(Nc1ccc(I)c(Br)c1)c1cc(Cl)sc1Cl. The summed E-state index contributed by atoms with van der Waals surface area (Å²) in [7, 11) is -3.73. The predicted molar refractivity (Wildman–Crippen MR) is 92.0 cm³/mol. The van der Waals surface area contributed by atoms with Crippen molar-refractivity contribution in [3.8, 4) is 0 Å². The molecule has 0 saturated heterocycles. The van der Waals surface area contributed by atoms with E-state index in [0.29, 0.717) is 10.0 Å². The Morgan fingerprint density at radius 1 is 1.26 bits per heavy atom. The second-order valence-corrected chi connectivity index (χ2v) is 9.38. The van der Waals surface area contributed by atoms with Gasteiger partial charge in [-0.25, -0.2) is 8.42 Å². The fourth-order valence-corrected chi connectivity index (χ4v) is 5.19. The molecule has 0 atom stereocenters. The molecular weight excluding hydrogens is 508 g/mol. The molecule has 0 saturated carbocycles. The van der Waals surface area contributed by atoms with Gasteiger partial charge in [-0.2, -0.15) is 0 Å². The Morgan fingerprint density at radius 3 is 2.47 bits per heavy atom. The van der Waals surface area contributed by atoms with E-state index in [-0.39, 0.29) is 9.23 Å². The number of anilines is 1. The summed E-state index contributed by atoms with van der Waals surface area (Å²) >= 11 is 18.1. The lowest BCUT2D eigenvalue weighted by Gasteiger charge is -2.08. The summed E-state index contributed by atoms with van der Waals surface area (Å²) in [5.41, 5.74) is 0.450. The Bertz CT molecular complexity index is 733. The van der Waals surface area contributed by atoms with Crippen LogP contribution in [0.25, 0.3) is 0 Å². The molecule has 0 aliphatic carbocycles. The number of rotatable bonds is 3. The molecule has 1 aromatic carbocycles. The lowest BCUT2D eigenvalue weighted by atomic mass is 10.3. The van der Waals surface area contributed by atoms with Crippen LogP contribution in [0.3, 0.4) is 0 Å². The summed E-state index contributed by atoms with van der Waals surface area (Å²) in [5.74, 6) is 0. The monoisotopic (exact) mass is 511 g/mol. The molecule has 9 heteroatoms. The average molecular weight is 513 g/mol. The van der Waals surface area contributed by atoms with Crippen LogP contribution in [-0.2, 0) is 10.0 Å². The van der Waals surface area contributed by atoms with Crippen LogP contribution in [0.1, 0.15) is 0 Å². The van der Waals surface area contributed by atoms with E-state index in [2.05, 4.69) is 43.2 Å². The van der Waals surface area contributed by atoms with E-state index < -0.39 is 10.0 Å². The van der Waals surface area contributed by atoms with Crippen LogP contribution in [-0.4, -0.2) is 8.42 Å². The van der Waals surface area contributed by atoms with Crippen LogP contribution in [0.15, 0.2) is 33.6 Å². The predicted octanol–water partition coefficient (Wildman–Crippen LogP) is 5.22. The number of halogens is 4. The zero-order valence-electron chi connectivity index (χ0n) is 8.95. The Balaban J connectivity index is 2.36. The van der Waals surface area contributed by atoms with E-state index in [1.807, 2.05) is 0 Å². The van der Waals surface area contributed by atoms with Crippen molar-refractivity contribution < 1.29 is 8.42 Å². The van der Waals surface area contributed by atoms with Crippen molar-refractivity contribution in [1.29, 1.82) is 0 Å². The average Bonchev–Trinajstić information content (AvgIpc) is 2.63. The molecule has 1 heterocycles. The highest BCUT2D eigenvalue weighted by atomic mass is 127. The maximum absolute atomic E-state index is 12.2. The van der Waals surface area contributed by atoms with Gasteiger partial charge in [0.15, 0.2) is 0 Å². The zero-order chi connectivity index (χ0) is 14.2. The maximum Gasteiger partial charge on any atom is 0.264 e. The first-order valence-electron chi connectivity index (χ1n) is 4.72. The van der Waals surface area contributed by atoms with Crippen molar-refractivity contribution in [2.75, 3.05) is 4.72 Å². The molecule has 0 aliphatic rings. The van der Waals surface area contributed by atoms with Crippen LogP contribution in [0.4, 0.5) is 5.69 Å². The number of nitrogens with one attached hydrogen (secondary N) is 1. The van der Waals surface area contributed by atoms with Crippen LogP contribution in [0, 0.1) is 3.57 Å². The summed E-state index contributed by atoms with van der Waals surface area (Å²) in [6, 6.07) is 6.48. The van der Waals surface area contributed by atoms with Gasteiger partial charge in [0.2, 0.25) is 0 Å². The van der Waals surface area contributed by atoms with Gasteiger partial charge >= 0.3 is 0 Å². The van der Waals surface area contributed by atoms with Gasteiger partial charge in [-0.05, 0) is 62.8 Å². The number of benzene rings is 1. The summed E-state index contributed by atoms with van der Waals surface area (Å²) in [5, 5.41) is 0. The smallest absolute Gasteiger partial charge is 0.264 e.